The first-order valence-electron chi connectivity index (χ1n) is 5.40. The van der Waals surface area contributed by atoms with Gasteiger partial charge in [0.1, 0.15) is 5.88 Å². The molecule has 0 atom stereocenters. The zero-order chi connectivity index (χ0) is 12.6. The van der Waals surface area contributed by atoms with Crippen molar-refractivity contribution >= 4 is 23.2 Å². The summed E-state index contributed by atoms with van der Waals surface area (Å²) in [6.07, 6.45) is 0. The van der Waals surface area contributed by atoms with Crippen molar-refractivity contribution in [2.24, 2.45) is 0 Å². The Balaban J connectivity index is 2.55. The van der Waals surface area contributed by atoms with Gasteiger partial charge in [0.25, 0.3) is 0 Å². The Kier molecular flexibility index (Phi) is 2.84. The first kappa shape index (κ1) is 11.9. The lowest BCUT2D eigenvalue weighted by Crippen LogP contribution is -2.34. The van der Waals surface area contributed by atoms with Crippen LogP contribution in [-0.2, 0) is 10.2 Å². The van der Waals surface area contributed by atoms with Crippen molar-refractivity contribution in [3.63, 3.8) is 0 Å². The summed E-state index contributed by atoms with van der Waals surface area (Å²) >= 11 is 5.61. The molecule has 3 nitrogen and oxygen atoms in total. The van der Waals surface area contributed by atoms with Gasteiger partial charge in [0.2, 0.25) is 5.91 Å². The van der Waals surface area contributed by atoms with E-state index >= 15 is 0 Å². The molecular formula is C13H13ClN2O. The molecule has 0 spiro atoms. The SMILES string of the molecule is CC1(C)CN(C(=O)CCl)c2cc(C#N)ccc21. The maximum Gasteiger partial charge on any atom is 0.241 e. The smallest absolute Gasteiger partial charge is 0.241 e. The number of fused-ring (bicyclic) bond motifs is 1. The van der Waals surface area contributed by atoms with Gasteiger partial charge < -0.3 is 4.90 Å². The topological polar surface area (TPSA) is 44.1 Å². The summed E-state index contributed by atoms with van der Waals surface area (Å²) in [5.41, 5.74) is 2.38. The Labute approximate surface area is 106 Å². The number of halogens is 1. The predicted octanol–water partition coefficient (Wildman–Crippen LogP) is 2.42. The first-order valence-corrected chi connectivity index (χ1v) is 5.94. The quantitative estimate of drug-likeness (QED) is 0.717. The highest BCUT2D eigenvalue weighted by Gasteiger charge is 2.37. The molecule has 1 heterocycles. The van der Waals surface area contributed by atoms with Gasteiger partial charge in [-0.3, -0.25) is 4.79 Å². The lowest BCUT2D eigenvalue weighted by molar-refractivity contribution is -0.116. The van der Waals surface area contributed by atoms with Crippen LogP contribution in [0.25, 0.3) is 0 Å². The fourth-order valence-corrected chi connectivity index (χ4v) is 2.40. The molecule has 2 rings (SSSR count). The van der Waals surface area contributed by atoms with Crippen molar-refractivity contribution in [1.82, 2.24) is 0 Å². The van der Waals surface area contributed by atoms with E-state index in [-0.39, 0.29) is 17.2 Å². The molecule has 0 aliphatic carbocycles. The summed E-state index contributed by atoms with van der Waals surface area (Å²) in [4.78, 5) is 13.4. The first-order chi connectivity index (χ1) is 7.99. The van der Waals surface area contributed by atoms with Crippen LogP contribution in [0.3, 0.4) is 0 Å². The zero-order valence-corrected chi connectivity index (χ0v) is 10.6. The second kappa shape index (κ2) is 4.05. The lowest BCUT2D eigenvalue weighted by atomic mass is 9.87. The number of nitriles is 1. The maximum absolute atomic E-state index is 11.8. The molecule has 0 aromatic heterocycles. The van der Waals surface area contributed by atoms with Crippen LogP contribution in [-0.4, -0.2) is 18.3 Å². The van der Waals surface area contributed by atoms with Gasteiger partial charge in [-0.2, -0.15) is 5.26 Å². The molecule has 88 valence electrons. The molecule has 0 bridgehead atoms. The van der Waals surface area contributed by atoms with Gasteiger partial charge >= 0.3 is 0 Å². The number of carbonyl (C=O) groups excluding carboxylic acids is 1. The Bertz CT molecular complexity index is 517. The van der Waals surface area contributed by atoms with Gasteiger partial charge in [-0.25, -0.2) is 0 Å². The Hall–Kier alpha value is -1.53. The monoisotopic (exact) mass is 248 g/mol. The Morgan fingerprint density at radius 3 is 2.88 bits per heavy atom. The molecule has 1 aliphatic rings. The molecule has 0 unspecified atom stereocenters. The van der Waals surface area contributed by atoms with E-state index in [4.69, 9.17) is 16.9 Å². The minimum absolute atomic E-state index is 0.0354. The standard InChI is InChI=1S/C13H13ClN2O/c1-13(2)8-16(12(17)6-14)11-5-9(7-15)3-4-10(11)13/h3-5H,6,8H2,1-2H3. The summed E-state index contributed by atoms with van der Waals surface area (Å²) in [7, 11) is 0. The van der Waals surface area contributed by atoms with E-state index in [1.54, 1.807) is 17.0 Å². The van der Waals surface area contributed by atoms with Crippen LogP contribution in [0, 0.1) is 11.3 Å². The molecule has 1 amide bonds. The summed E-state index contributed by atoms with van der Waals surface area (Å²) in [6, 6.07) is 7.56. The van der Waals surface area contributed by atoms with Crippen molar-refractivity contribution in [3.05, 3.63) is 29.3 Å². The van der Waals surface area contributed by atoms with Crippen LogP contribution in [0.2, 0.25) is 0 Å². The number of carbonyl (C=O) groups is 1. The largest absolute Gasteiger partial charge is 0.310 e. The Morgan fingerprint density at radius 2 is 2.29 bits per heavy atom. The molecule has 0 saturated heterocycles. The van der Waals surface area contributed by atoms with Crippen molar-refractivity contribution < 1.29 is 4.79 Å². The molecule has 1 aromatic rings. The third kappa shape index (κ3) is 1.89. The summed E-state index contributed by atoms with van der Waals surface area (Å²) in [5, 5.41) is 8.90. The zero-order valence-electron chi connectivity index (χ0n) is 9.83. The fourth-order valence-electron chi connectivity index (χ4n) is 2.26. The number of alkyl halides is 1. The third-order valence-electron chi connectivity index (χ3n) is 3.12. The third-order valence-corrected chi connectivity index (χ3v) is 3.34. The fraction of sp³-hybridized carbons (Fsp3) is 0.385. The number of nitrogens with zero attached hydrogens (tertiary/aromatic N) is 2. The second-order valence-electron chi connectivity index (χ2n) is 4.84. The molecular weight excluding hydrogens is 236 g/mol. The number of rotatable bonds is 1. The number of hydrogen-bond donors (Lipinski definition) is 0. The molecule has 0 fully saturated rings. The molecule has 17 heavy (non-hydrogen) atoms. The highest BCUT2D eigenvalue weighted by atomic mass is 35.5. The lowest BCUT2D eigenvalue weighted by Gasteiger charge is -2.19. The van der Waals surface area contributed by atoms with E-state index in [9.17, 15) is 4.79 Å². The number of amides is 1. The molecule has 4 heteroatoms. The van der Waals surface area contributed by atoms with Crippen LogP contribution in [0.1, 0.15) is 25.0 Å². The van der Waals surface area contributed by atoms with Crippen LogP contribution in [0.5, 0.6) is 0 Å². The minimum Gasteiger partial charge on any atom is -0.310 e. The van der Waals surface area contributed by atoms with Gasteiger partial charge in [0, 0.05) is 17.6 Å². The van der Waals surface area contributed by atoms with Gasteiger partial charge in [0.05, 0.1) is 11.6 Å². The molecule has 0 radical (unpaired) electrons. The summed E-state index contributed by atoms with van der Waals surface area (Å²) in [5.74, 6) is -0.152. The minimum atomic E-state index is -0.117. The van der Waals surface area contributed by atoms with E-state index < -0.39 is 0 Å². The number of hydrogen-bond acceptors (Lipinski definition) is 2. The Morgan fingerprint density at radius 1 is 1.59 bits per heavy atom. The molecule has 0 saturated carbocycles. The second-order valence-corrected chi connectivity index (χ2v) is 5.11. The van der Waals surface area contributed by atoms with Crippen LogP contribution >= 0.6 is 11.6 Å². The average Bonchev–Trinajstić information content (AvgIpc) is 2.60. The molecule has 1 aromatic carbocycles. The van der Waals surface area contributed by atoms with Gasteiger partial charge in [-0.05, 0) is 17.7 Å². The van der Waals surface area contributed by atoms with E-state index in [0.29, 0.717) is 12.1 Å². The maximum atomic E-state index is 11.8. The van der Waals surface area contributed by atoms with Crippen molar-refractivity contribution in [1.29, 1.82) is 5.26 Å². The predicted molar refractivity (Wildman–Crippen MR) is 67.3 cm³/mol. The number of benzene rings is 1. The highest BCUT2D eigenvalue weighted by Crippen LogP contribution is 2.40. The molecule has 0 N–H and O–H groups in total. The average molecular weight is 249 g/mol. The van der Waals surface area contributed by atoms with E-state index in [0.717, 1.165) is 11.3 Å². The van der Waals surface area contributed by atoms with Crippen LogP contribution in [0.15, 0.2) is 18.2 Å². The van der Waals surface area contributed by atoms with Crippen molar-refractivity contribution in [3.8, 4) is 6.07 Å². The van der Waals surface area contributed by atoms with Crippen molar-refractivity contribution in [2.45, 2.75) is 19.3 Å². The van der Waals surface area contributed by atoms with Crippen LogP contribution in [0.4, 0.5) is 5.69 Å². The highest BCUT2D eigenvalue weighted by molar-refractivity contribution is 6.29. The van der Waals surface area contributed by atoms with Gasteiger partial charge in [-0.15, -0.1) is 11.6 Å². The van der Waals surface area contributed by atoms with Gasteiger partial charge in [-0.1, -0.05) is 19.9 Å². The van der Waals surface area contributed by atoms with Gasteiger partial charge in [0.15, 0.2) is 0 Å². The van der Waals surface area contributed by atoms with E-state index in [2.05, 4.69) is 19.9 Å². The van der Waals surface area contributed by atoms with Crippen LogP contribution < -0.4 is 4.90 Å². The summed E-state index contributed by atoms with van der Waals surface area (Å²) in [6.45, 7) is 4.78. The number of anilines is 1. The molecule has 1 aliphatic heterocycles. The van der Waals surface area contributed by atoms with Crippen molar-refractivity contribution in [2.75, 3.05) is 17.3 Å². The normalized spacial score (nSPS) is 16.5. The van der Waals surface area contributed by atoms with E-state index in [1.165, 1.54) is 0 Å². The summed E-state index contributed by atoms with van der Waals surface area (Å²) < 4.78 is 0. The van der Waals surface area contributed by atoms with E-state index in [1.807, 2.05) is 6.07 Å².